The number of nitrogens with one attached hydrogen (secondary N) is 1. The first-order valence-corrected chi connectivity index (χ1v) is 13.7. The molecule has 1 aromatic heterocycles. The molecule has 1 aliphatic heterocycles. The van der Waals surface area contributed by atoms with Crippen LogP contribution in [0.3, 0.4) is 0 Å². The van der Waals surface area contributed by atoms with Crippen LogP contribution in [0.1, 0.15) is 29.5 Å². The zero-order valence-electron chi connectivity index (χ0n) is 22.6. The molecule has 1 atom stereocenters. The third-order valence-corrected chi connectivity index (χ3v) is 7.10. The number of benzene rings is 3. The molecule has 212 valence electrons. The number of fused-ring (bicyclic) bond motifs is 1. The summed E-state index contributed by atoms with van der Waals surface area (Å²) >= 11 is 0. The van der Waals surface area contributed by atoms with Crippen LogP contribution in [0.25, 0.3) is 11.0 Å². The van der Waals surface area contributed by atoms with Crippen LogP contribution in [0, 0.1) is 5.82 Å². The van der Waals surface area contributed by atoms with Gasteiger partial charge in [0.05, 0.1) is 29.9 Å². The van der Waals surface area contributed by atoms with E-state index in [2.05, 4.69) is 5.32 Å². The summed E-state index contributed by atoms with van der Waals surface area (Å²) in [5.41, 5.74) is 2.14. The molecular formula is C32H32FN3O5. The second-order valence-electron chi connectivity index (χ2n) is 10.1. The van der Waals surface area contributed by atoms with Crippen LogP contribution < -0.4 is 10.7 Å². The summed E-state index contributed by atoms with van der Waals surface area (Å²) in [6.45, 7) is 1.04. The normalized spacial score (nSPS) is 14.6. The minimum atomic E-state index is -0.389. The highest BCUT2D eigenvalue weighted by molar-refractivity contribution is 5.84. The molecule has 0 radical (unpaired) electrons. The van der Waals surface area contributed by atoms with Crippen molar-refractivity contribution in [1.82, 2.24) is 15.1 Å². The number of amides is 3. The van der Waals surface area contributed by atoms with Gasteiger partial charge in [-0.2, -0.15) is 0 Å². The third-order valence-electron chi connectivity index (χ3n) is 7.10. The zero-order valence-corrected chi connectivity index (χ0v) is 22.6. The van der Waals surface area contributed by atoms with Crippen LogP contribution in [0.4, 0.5) is 9.18 Å². The molecule has 0 bridgehead atoms. The van der Waals surface area contributed by atoms with E-state index in [4.69, 9.17) is 9.15 Å². The average Bonchev–Trinajstić information content (AvgIpc) is 3.51. The number of rotatable bonds is 10. The first-order valence-electron chi connectivity index (χ1n) is 13.7. The highest BCUT2D eigenvalue weighted by Gasteiger charge is 2.27. The van der Waals surface area contributed by atoms with Gasteiger partial charge >= 0.3 is 6.03 Å². The predicted octanol–water partition coefficient (Wildman–Crippen LogP) is 4.85. The number of hydrogen-bond donors (Lipinski definition) is 1. The fourth-order valence-corrected chi connectivity index (χ4v) is 4.88. The van der Waals surface area contributed by atoms with Crippen LogP contribution in [0.2, 0.25) is 0 Å². The van der Waals surface area contributed by atoms with Crippen molar-refractivity contribution in [3.05, 3.63) is 118 Å². The van der Waals surface area contributed by atoms with Gasteiger partial charge in [0.2, 0.25) is 5.91 Å². The third kappa shape index (κ3) is 7.37. The molecule has 1 N–H and O–H groups in total. The molecule has 3 aromatic carbocycles. The monoisotopic (exact) mass is 557 g/mol. The number of carbonyl (C=O) groups is 2. The molecule has 2 heterocycles. The van der Waals surface area contributed by atoms with Gasteiger partial charge < -0.3 is 24.3 Å². The highest BCUT2D eigenvalue weighted by Crippen LogP contribution is 2.17. The van der Waals surface area contributed by atoms with Crippen LogP contribution in [-0.2, 0) is 29.2 Å². The Bertz CT molecular complexity index is 1530. The summed E-state index contributed by atoms with van der Waals surface area (Å²) < 4.78 is 25.0. The van der Waals surface area contributed by atoms with Gasteiger partial charge in [-0.3, -0.25) is 9.59 Å². The van der Waals surface area contributed by atoms with E-state index >= 15 is 0 Å². The fourth-order valence-electron chi connectivity index (χ4n) is 4.88. The van der Waals surface area contributed by atoms with Crippen molar-refractivity contribution in [2.75, 3.05) is 19.7 Å². The lowest BCUT2D eigenvalue weighted by atomic mass is 10.1. The van der Waals surface area contributed by atoms with E-state index < -0.39 is 0 Å². The topological polar surface area (TPSA) is 92.1 Å². The van der Waals surface area contributed by atoms with Gasteiger partial charge in [-0.15, -0.1) is 0 Å². The van der Waals surface area contributed by atoms with Gasteiger partial charge in [0, 0.05) is 26.2 Å². The predicted molar refractivity (Wildman–Crippen MR) is 152 cm³/mol. The van der Waals surface area contributed by atoms with E-state index in [0.29, 0.717) is 35.2 Å². The number of nitrogens with zero attached hydrogens (tertiary/aromatic N) is 2. The van der Waals surface area contributed by atoms with Crippen molar-refractivity contribution in [1.29, 1.82) is 0 Å². The van der Waals surface area contributed by atoms with Gasteiger partial charge in [0.15, 0.2) is 5.43 Å². The number of halogens is 1. The van der Waals surface area contributed by atoms with Crippen LogP contribution in [0.15, 0.2) is 94.3 Å². The quantitative estimate of drug-likeness (QED) is 0.301. The molecule has 0 saturated carbocycles. The maximum atomic E-state index is 13.8. The summed E-state index contributed by atoms with van der Waals surface area (Å²) in [5.74, 6) is -0.755. The number of para-hydroxylation sites is 1. The number of hydrogen-bond acceptors (Lipinski definition) is 5. The van der Waals surface area contributed by atoms with Gasteiger partial charge in [-0.25, -0.2) is 9.18 Å². The molecule has 1 fully saturated rings. The molecule has 1 saturated heterocycles. The van der Waals surface area contributed by atoms with Crippen molar-refractivity contribution < 1.29 is 23.1 Å². The van der Waals surface area contributed by atoms with Crippen molar-refractivity contribution in [2.24, 2.45) is 0 Å². The lowest BCUT2D eigenvalue weighted by Gasteiger charge is -2.29. The second-order valence-corrected chi connectivity index (χ2v) is 10.1. The minimum absolute atomic E-state index is 0.0389. The standard InChI is InChI=1S/C32H32FN3O5/c33-26-14-12-24(13-15-26)18-35(19-25-22-41-29-11-5-4-10-28(29)31(25)38)30(37)21-36(20-27-9-6-16-40-27)32(39)34-17-23-7-2-1-3-8-23/h1-5,7-8,10-15,22,27H,6,9,16-21H2,(H,34,39). The Morgan fingerprint density at radius 2 is 1.66 bits per heavy atom. The average molecular weight is 558 g/mol. The van der Waals surface area contributed by atoms with E-state index in [9.17, 15) is 18.8 Å². The van der Waals surface area contributed by atoms with E-state index in [0.717, 1.165) is 18.4 Å². The Morgan fingerprint density at radius 1 is 0.902 bits per heavy atom. The highest BCUT2D eigenvalue weighted by atomic mass is 19.1. The second kappa shape index (κ2) is 13.2. The summed E-state index contributed by atoms with van der Waals surface area (Å²) in [5, 5.41) is 3.32. The van der Waals surface area contributed by atoms with E-state index in [1.165, 1.54) is 28.2 Å². The summed E-state index contributed by atoms with van der Waals surface area (Å²) in [7, 11) is 0. The molecule has 1 aliphatic rings. The summed E-state index contributed by atoms with van der Waals surface area (Å²) in [6, 6.07) is 21.9. The van der Waals surface area contributed by atoms with Gasteiger partial charge in [-0.1, -0.05) is 54.6 Å². The summed E-state index contributed by atoms with van der Waals surface area (Å²) in [4.78, 5) is 43.3. The van der Waals surface area contributed by atoms with Crippen LogP contribution in [0.5, 0.6) is 0 Å². The zero-order chi connectivity index (χ0) is 28.6. The van der Waals surface area contributed by atoms with Crippen molar-refractivity contribution in [3.63, 3.8) is 0 Å². The molecule has 4 aromatic rings. The number of carbonyl (C=O) groups excluding carboxylic acids is 2. The van der Waals surface area contributed by atoms with Gasteiger partial charge in [0.1, 0.15) is 17.9 Å². The number of urea groups is 1. The Balaban J connectivity index is 1.37. The first kappa shape index (κ1) is 28.0. The van der Waals surface area contributed by atoms with Crippen molar-refractivity contribution in [2.45, 2.75) is 38.6 Å². The maximum absolute atomic E-state index is 13.8. The SMILES string of the molecule is O=C(CN(CC1CCCO1)C(=O)NCc1ccccc1)N(Cc1ccc(F)cc1)Cc1coc2ccccc2c1=O. The van der Waals surface area contributed by atoms with E-state index in [1.807, 2.05) is 30.3 Å². The molecule has 3 amide bonds. The molecule has 5 rings (SSSR count). The Labute approximate surface area is 237 Å². The Morgan fingerprint density at radius 3 is 2.41 bits per heavy atom. The molecule has 1 unspecified atom stereocenters. The van der Waals surface area contributed by atoms with Crippen LogP contribution in [-0.4, -0.2) is 47.5 Å². The molecule has 0 aliphatic carbocycles. The van der Waals surface area contributed by atoms with E-state index in [1.54, 1.807) is 36.4 Å². The van der Waals surface area contributed by atoms with Crippen molar-refractivity contribution >= 4 is 22.9 Å². The van der Waals surface area contributed by atoms with Gasteiger partial charge in [0.25, 0.3) is 0 Å². The van der Waals surface area contributed by atoms with E-state index in [-0.39, 0.29) is 55.5 Å². The first-order chi connectivity index (χ1) is 20.0. The Kier molecular flexibility index (Phi) is 9.05. The molecule has 41 heavy (non-hydrogen) atoms. The van der Waals surface area contributed by atoms with Crippen molar-refractivity contribution in [3.8, 4) is 0 Å². The van der Waals surface area contributed by atoms with Gasteiger partial charge in [-0.05, 0) is 48.2 Å². The molecule has 0 spiro atoms. The smallest absolute Gasteiger partial charge is 0.318 e. The fraction of sp³-hybridized carbons (Fsp3) is 0.281. The lowest BCUT2D eigenvalue weighted by Crippen LogP contribution is -2.49. The lowest BCUT2D eigenvalue weighted by molar-refractivity contribution is -0.133. The largest absolute Gasteiger partial charge is 0.464 e. The maximum Gasteiger partial charge on any atom is 0.318 e. The molecule has 8 nitrogen and oxygen atoms in total. The summed E-state index contributed by atoms with van der Waals surface area (Å²) in [6.07, 6.45) is 2.90. The molecule has 9 heteroatoms. The Hall–Kier alpha value is -4.50. The number of ether oxygens (including phenoxy) is 1. The minimum Gasteiger partial charge on any atom is -0.464 e. The van der Waals surface area contributed by atoms with Crippen LogP contribution >= 0.6 is 0 Å². The molecular weight excluding hydrogens is 525 g/mol.